The first-order valence-corrected chi connectivity index (χ1v) is 7.66. The van der Waals surface area contributed by atoms with Gasteiger partial charge in [0.25, 0.3) is 5.91 Å². The molecule has 0 spiro atoms. The largest absolute Gasteiger partial charge is 0.452 e. The minimum atomic E-state index is -0.534. The molecule has 0 saturated carbocycles. The Balaban J connectivity index is 1.89. The number of benzene rings is 1. The van der Waals surface area contributed by atoms with Gasteiger partial charge in [-0.3, -0.25) is 4.79 Å². The lowest BCUT2D eigenvalue weighted by Gasteiger charge is -2.13. The van der Waals surface area contributed by atoms with Gasteiger partial charge in [0, 0.05) is 31.9 Å². The maximum Gasteiger partial charge on any atom is 0.338 e. The molecule has 7 heteroatoms. The molecule has 24 heavy (non-hydrogen) atoms. The molecular formula is C17H22N4O3. The van der Waals surface area contributed by atoms with E-state index in [4.69, 9.17) is 4.74 Å². The fraction of sp³-hybridized carbons (Fsp3) is 0.353. The first kappa shape index (κ1) is 17.5. The summed E-state index contributed by atoms with van der Waals surface area (Å²) < 4.78 is 6.73. The van der Waals surface area contributed by atoms with E-state index in [9.17, 15) is 9.59 Å². The summed E-state index contributed by atoms with van der Waals surface area (Å²) in [6, 6.07) is 8.79. The van der Waals surface area contributed by atoms with E-state index in [0.717, 1.165) is 5.69 Å². The predicted octanol–water partition coefficient (Wildman–Crippen LogP) is 2.33. The summed E-state index contributed by atoms with van der Waals surface area (Å²) in [6.07, 6.45) is 1.61. The van der Waals surface area contributed by atoms with Crippen LogP contribution in [0, 0.1) is 0 Å². The van der Waals surface area contributed by atoms with Crippen molar-refractivity contribution in [2.75, 3.05) is 30.9 Å². The SMILES string of the molecule is CC(C)n1nccc1NC(=O)COC(=O)c1ccc(N(C)C)cc1. The average molecular weight is 330 g/mol. The van der Waals surface area contributed by atoms with E-state index in [2.05, 4.69) is 10.4 Å². The highest BCUT2D eigenvalue weighted by Crippen LogP contribution is 2.14. The molecule has 2 aromatic rings. The second kappa shape index (κ2) is 7.63. The fourth-order valence-corrected chi connectivity index (χ4v) is 2.11. The van der Waals surface area contributed by atoms with Crippen molar-refractivity contribution in [2.45, 2.75) is 19.9 Å². The fourth-order valence-electron chi connectivity index (χ4n) is 2.11. The molecule has 1 amide bonds. The zero-order valence-electron chi connectivity index (χ0n) is 14.3. The Morgan fingerprint density at radius 1 is 1.21 bits per heavy atom. The molecule has 1 heterocycles. The molecule has 0 aliphatic rings. The van der Waals surface area contributed by atoms with Crippen molar-refractivity contribution in [3.63, 3.8) is 0 Å². The minimum Gasteiger partial charge on any atom is -0.452 e. The van der Waals surface area contributed by atoms with Crippen LogP contribution in [-0.4, -0.2) is 42.4 Å². The molecule has 128 valence electrons. The van der Waals surface area contributed by atoms with E-state index in [1.807, 2.05) is 45.0 Å². The lowest BCUT2D eigenvalue weighted by atomic mass is 10.2. The zero-order chi connectivity index (χ0) is 17.7. The second-order valence-electron chi connectivity index (χ2n) is 5.82. The number of ether oxygens (including phenoxy) is 1. The van der Waals surface area contributed by atoms with Crippen LogP contribution in [0.2, 0.25) is 0 Å². The molecule has 0 fully saturated rings. The monoisotopic (exact) mass is 330 g/mol. The summed E-state index contributed by atoms with van der Waals surface area (Å²) in [6.45, 7) is 3.57. The first-order valence-electron chi connectivity index (χ1n) is 7.66. The summed E-state index contributed by atoms with van der Waals surface area (Å²) in [5.41, 5.74) is 1.38. The third-order valence-corrected chi connectivity index (χ3v) is 3.38. The van der Waals surface area contributed by atoms with E-state index in [1.54, 1.807) is 29.1 Å². The molecule has 0 unspecified atom stereocenters. The van der Waals surface area contributed by atoms with Crippen molar-refractivity contribution in [3.05, 3.63) is 42.1 Å². The molecule has 1 aromatic heterocycles. The molecule has 2 rings (SSSR count). The lowest BCUT2D eigenvalue weighted by molar-refractivity contribution is -0.119. The maximum atomic E-state index is 12.0. The van der Waals surface area contributed by atoms with Gasteiger partial charge < -0.3 is 15.0 Å². The molecule has 7 nitrogen and oxygen atoms in total. The van der Waals surface area contributed by atoms with Crippen LogP contribution in [0.15, 0.2) is 36.5 Å². The molecule has 0 aliphatic carbocycles. The number of carbonyl (C=O) groups excluding carboxylic acids is 2. The number of carbonyl (C=O) groups is 2. The quantitative estimate of drug-likeness (QED) is 0.823. The first-order chi connectivity index (χ1) is 11.4. The number of hydrogen-bond donors (Lipinski definition) is 1. The zero-order valence-corrected chi connectivity index (χ0v) is 14.3. The summed E-state index contributed by atoms with van der Waals surface area (Å²) in [7, 11) is 3.83. The molecule has 0 bridgehead atoms. The van der Waals surface area contributed by atoms with Crippen LogP contribution in [0.4, 0.5) is 11.5 Å². The molecule has 1 N–H and O–H groups in total. The van der Waals surface area contributed by atoms with E-state index in [0.29, 0.717) is 11.4 Å². The molecule has 0 atom stereocenters. The highest BCUT2D eigenvalue weighted by atomic mass is 16.5. The van der Waals surface area contributed by atoms with Gasteiger partial charge in [-0.25, -0.2) is 9.48 Å². The second-order valence-corrected chi connectivity index (χ2v) is 5.82. The molecule has 0 aliphatic heterocycles. The van der Waals surface area contributed by atoms with Crippen LogP contribution in [0.1, 0.15) is 30.2 Å². The van der Waals surface area contributed by atoms with Gasteiger partial charge in [-0.1, -0.05) is 0 Å². The smallest absolute Gasteiger partial charge is 0.338 e. The Labute approximate surface area is 141 Å². The third-order valence-electron chi connectivity index (χ3n) is 3.38. The van der Waals surface area contributed by atoms with Crippen molar-refractivity contribution in [2.24, 2.45) is 0 Å². The summed E-state index contributed by atoms with van der Waals surface area (Å²) in [4.78, 5) is 25.8. The van der Waals surface area contributed by atoms with Gasteiger partial charge in [-0.05, 0) is 38.1 Å². The van der Waals surface area contributed by atoms with E-state index in [-0.39, 0.29) is 12.6 Å². The Morgan fingerprint density at radius 2 is 1.88 bits per heavy atom. The van der Waals surface area contributed by atoms with Crippen molar-refractivity contribution >= 4 is 23.4 Å². The Morgan fingerprint density at radius 3 is 2.46 bits per heavy atom. The number of aromatic nitrogens is 2. The van der Waals surface area contributed by atoms with E-state index >= 15 is 0 Å². The van der Waals surface area contributed by atoms with Crippen LogP contribution in [0.3, 0.4) is 0 Å². The number of esters is 1. The predicted molar refractivity (Wildman–Crippen MR) is 92.3 cm³/mol. The van der Waals surface area contributed by atoms with Crippen molar-refractivity contribution < 1.29 is 14.3 Å². The molecule has 0 radical (unpaired) electrons. The highest BCUT2D eigenvalue weighted by Gasteiger charge is 2.13. The summed E-state index contributed by atoms with van der Waals surface area (Å²) in [5, 5.41) is 6.80. The topological polar surface area (TPSA) is 76.5 Å². The van der Waals surface area contributed by atoms with E-state index in [1.165, 1.54) is 0 Å². The van der Waals surface area contributed by atoms with E-state index < -0.39 is 11.9 Å². The number of nitrogens with one attached hydrogen (secondary N) is 1. The molecule has 0 saturated heterocycles. The van der Waals surface area contributed by atoms with Gasteiger partial charge in [-0.15, -0.1) is 0 Å². The summed E-state index contributed by atoms with van der Waals surface area (Å²) >= 11 is 0. The number of nitrogens with zero attached hydrogens (tertiary/aromatic N) is 3. The number of rotatable bonds is 6. The molecular weight excluding hydrogens is 308 g/mol. The highest BCUT2D eigenvalue weighted by molar-refractivity contribution is 5.95. The summed E-state index contributed by atoms with van der Waals surface area (Å²) in [5.74, 6) is -0.370. The number of hydrogen-bond acceptors (Lipinski definition) is 5. The van der Waals surface area contributed by atoms with Crippen molar-refractivity contribution in [1.82, 2.24) is 9.78 Å². The van der Waals surface area contributed by atoms with Crippen molar-refractivity contribution in [3.8, 4) is 0 Å². The minimum absolute atomic E-state index is 0.119. The van der Waals surface area contributed by atoms with Crippen LogP contribution >= 0.6 is 0 Å². The van der Waals surface area contributed by atoms with Gasteiger partial charge >= 0.3 is 5.97 Å². The number of anilines is 2. The lowest BCUT2D eigenvalue weighted by Crippen LogP contribution is -2.23. The Hall–Kier alpha value is -2.83. The van der Waals surface area contributed by atoms with Crippen LogP contribution < -0.4 is 10.2 Å². The Kier molecular flexibility index (Phi) is 5.57. The van der Waals surface area contributed by atoms with Crippen molar-refractivity contribution in [1.29, 1.82) is 0 Å². The van der Waals surface area contributed by atoms with Crippen LogP contribution in [0.25, 0.3) is 0 Å². The Bertz CT molecular complexity index is 705. The molecule has 1 aromatic carbocycles. The van der Waals surface area contributed by atoms with Gasteiger partial charge in [-0.2, -0.15) is 5.10 Å². The number of amides is 1. The maximum absolute atomic E-state index is 12.0. The average Bonchev–Trinajstić information content (AvgIpc) is 3.01. The van der Waals surface area contributed by atoms with Gasteiger partial charge in [0.1, 0.15) is 5.82 Å². The van der Waals surface area contributed by atoms with Gasteiger partial charge in [0.2, 0.25) is 0 Å². The van der Waals surface area contributed by atoms with Crippen LogP contribution in [-0.2, 0) is 9.53 Å². The van der Waals surface area contributed by atoms with Gasteiger partial charge in [0.15, 0.2) is 6.61 Å². The standard InChI is InChI=1S/C17H22N4O3/c1-12(2)21-15(9-10-18-21)19-16(22)11-24-17(23)13-5-7-14(8-6-13)20(3)4/h5-10,12H,11H2,1-4H3,(H,19,22). The van der Waals surface area contributed by atoms with Gasteiger partial charge in [0.05, 0.1) is 11.8 Å². The van der Waals surface area contributed by atoms with Crippen LogP contribution in [0.5, 0.6) is 0 Å². The normalized spacial score (nSPS) is 10.5. The third kappa shape index (κ3) is 4.34.